The summed E-state index contributed by atoms with van der Waals surface area (Å²) in [5.41, 5.74) is 0.196. The molecular formula is C13H7ClFNO2S. The lowest BCUT2D eigenvalue weighted by atomic mass is 10.2. The molecule has 0 spiro atoms. The van der Waals surface area contributed by atoms with Crippen LogP contribution in [0.15, 0.2) is 30.3 Å². The van der Waals surface area contributed by atoms with Crippen molar-refractivity contribution in [1.29, 1.82) is 5.26 Å². The Balaban J connectivity index is 2.03. The number of ether oxygens (including phenoxy) is 1. The van der Waals surface area contributed by atoms with Gasteiger partial charge in [-0.25, -0.2) is 4.39 Å². The zero-order valence-corrected chi connectivity index (χ0v) is 11.1. The molecule has 2 aromatic rings. The van der Waals surface area contributed by atoms with Crippen molar-refractivity contribution in [3.8, 4) is 11.8 Å². The van der Waals surface area contributed by atoms with Crippen LogP contribution in [0, 0.1) is 17.1 Å². The quantitative estimate of drug-likeness (QED) is 0.809. The van der Waals surface area contributed by atoms with Crippen molar-refractivity contribution in [2.24, 2.45) is 0 Å². The molecule has 1 aromatic carbocycles. The molecule has 0 aliphatic heterocycles. The van der Waals surface area contributed by atoms with Gasteiger partial charge >= 0.3 is 0 Å². The molecule has 0 unspecified atom stereocenters. The summed E-state index contributed by atoms with van der Waals surface area (Å²) in [5, 5.41) is 8.60. The monoisotopic (exact) mass is 295 g/mol. The van der Waals surface area contributed by atoms with Gasteiger partial charge in [-0.2, -0.15) is 5.26 Å². The molecule has 0 radical (unpaired) electrons. The van der Waals surface area contributed by atoms with E-state index < -0.39 is 5.82 Å². The van der Waals surface area contributed by atoms with Crippen molar-refractivity contribution in [3.05, 3.63) is 50.9 Å². The van der Waals surface area contributed by atoms with Gasteiger partial charge in [0.2, 0.25) is 5.78 Å². The third-order valence-corrected chi connectivity index (χ3v) is 3.54. The first-order valence-electron chi connectivity index (χ1n) is 5.21. The van der Waals surface area contributed by atoms with Crippen LogP contribution in [0.25, 0.3) is 0 Å². The Labute approximate surface area is 117 Å². The average molecular weight is 296 g/mol. The fourth-order valence-corrected chi connectivity index (χ4v) is 2.33. The second-order valence-electron chi connectivity index (χ2n) is 3.57. The van der Waals surface area contributed by atoms with Crippen molar-refractivity contribution in [2.75, 3.05) is 6.61 Å². The first-order chi connectivity index (χ1) is 9.10. The van der Waals surface area contributed by atoms with E-state index in [4.69, 9.17) is 21.6 Å². The molecule has 19 heavy (non-hydrogen) atoms. The predicted octanol–water partition coefficient (Wildman–Crippen LogP) is 3.67. The maximum atomic E-state index is 13.5. The van der Waals surface area contributed by atoms with Gasteiger partial charge in [0, 0.05) is 0 Å². The van der Waals surface area contributed by atoms with Gasteiger partial charge in [-0.05, 0) is 30.3 Å². The summed E-state index contributed by atoms with van der Waals surface area (Å²) in [5.74, 6) is -1.01. The summed E-state index contributed by atoms with van der Waals surface area (Å²) in [6, 6.07) is 8.82. The zero-order valence-electron chi connectivity index (χ0n) is 9.52. The lowest BCUT2D eigenvalue weighted by Gasteiger charge is -2.05. The summed E-state index contributed by atoms with van der Waals surface area (Å²) >= 11 is 6.86. The molecule has 0 saturated carbocycles. The van der Waals surface area contributed by atoms with Crippen LogP contribution in [-0.2, 0) is 0 Å². The smallest absolute Gasteiger partial charge is 0.210 e. The predicted molar refractivity (Wildman–Crippen MR) is 70.3 cm³/mol. The summed E-state index contributed by atoms with van der Waals surface area (Å²) in [4.78, 5) is 12.2. The minimum atomic E-state index is -0.670. The van der Waals surface area contributed by atoms with Crippen LogP contribution in [0.4, 0.5) is 4.39 Å². The minimum Gasteiger partial charge on any atom is -0.482 e. The molecule has 1 heterocycles. The van der Waals surface area contributed by atoms with Gasteiger partial charge in [0.15, 0.2) is 18.2 Å². The van der Waals surface area contributed by atoms with Gasteiger partial charge in [-0.3, -0.25) is 4.79 Å². The lowest BCUT2D eigenvalue weighted by molar-refractivity contribution is 0.0923. The Hall–Kier alpha value is -1.90. The highest BCUT2D eigenvalue weighted by Crippen LogP contribution is 2.23. The minimum absolute atomic E-state index is 0.0602. The number of Topliss-reactive ketones (excluding diaryl/α,β-unsaturated/α-hetero) is 1. The molecule has 2 rings (SSSR count). The number of nitrogens with zero attached hydrogens (tertiary/aromatic N) is 1. The third kappa shape index (κ3) is 3.31. The molecule has 0 aliphatic rings. The van der Waals surface area contributed by atoms with E-state index in [2.05, 4.69) is 0 Å². The fourth-order valence-electron chi connectivity index (χ4n) is 1.37. The van der Waals surface area contributed by atoms with Crippen LogP contribution in [0.5, 0.6) is 5.75 Å². The highest BCUT2D eigenvalue weighted by atomic mass is 35.5. The SMILES string of the molecule is N#Cc1ccc(OCC(=O)c2ccc(Cl)s2)c(F)c1. The van der Waals surface area contributed by atoms with Gasteiger partial charge in [0.1, 0.15) is 0 Å². The lowest BCUT2D eigenvalue weighted by Crippen LogP contribution is -2.10. The van der Waals surface area contributed by atoms with Crippen molar-refractivity contribution in [1.82, 2.24) is 0 Å². The van der Waals surface area contributed by atoms with Crippen molar-refractivity contribution in [3.63, 3.8) is 0 Å². The molecule has 0 N–H and O–H groups in total. The Morgan fingerprint density at radius 3 is 2.79 bits per heavy atom. The standard InChI is InChI=1S/C13H7ClFNO2S/c14-13-4-3-12(19-13)10(17)7-18-11-2-1-8(6-16)5-9(11)15/h1-5H,7H2. The Kier molecular flexibility index (Phi) is 4.15. The largest absolute Gasteiger partial charge is 0.482 e. The van der Waals surface area contributed by atoms with Crippen LogP contribution in [0.2, 0.25) is 4.34 Å². The number of halogens is 2. The normalized spacial score (nSPS) is 9.95. The van der Waals surface area contributed by atoms with E-state index in [1.807, 2.05) is 6.07 Å². The number of nitriles is 1. The number of carbonyl (C=O) groups is 1. The molecular weight excluding hydrogens is 289 g/mol. The number of hydrogen-bond donors (Lipinski definition) is 0. The first-order valence-corrected chi connectivity index (χ1v) is 6.40. The topological polar surface area (TPSA) is 50.1 Å². The highest BCUT2D eigenvalue weighted by Gasteiger charge is 2.11. The van der Waals surface area contributed by atoms with Crippen LogP contribution in [0.3, 0.4) is 0 Å². The van der Waals surface area contributed by atoms with Crippen molar-refractivity contribution >= 4 is 28.7 Å². The zero-order chi connectivity index (χ0) is 13.8. The maximum absolute atomic E-state index is 13.5. The number of hydrogen-bond acceptors (Lipinski definition) is 4. The Morgan fingerprint density at radius 1 is 1.42 bits per heavy atom. The van der Waals surface area contributed by atoms with E-state index in [9.17, 15) is 9.18 Å². The van der Waals surface area contributed by atoms with Gasteiger partial charge in [0.25, 0.3) is 0 Å². The van der Waals surface area contributed by atoms with Crippen LogP contribution < -0.4 is 4.74 Å². The van der Waals surface area contributed by atoms with Gasteiger partial charge in [0.05, 0.1) is 20.8 Å². The van der Waals surface area contributed by atoms with Gasteiger partial charge in [-0.15, -0.1) is 11.3 Å². The molecule has 0 atom stereocenters. The second kappa shape index (κ2) is 5.83. The molecule has 0 amide bonds. The summed E-state index contributed by atoms with van der Waals surface area (Å²) in [6.45, 7) is -0.278. The van der Waals surface area contributed by atoms with Crippen LogP contribution in [0.1, 0.15) is 15.2 Å². The molecule has 0 aliphatic carbocycles. The molecule has 0 saturated heterocycles. The Bertz CT molecular complexity index is 663. The molecule has 1 aromatic heterocycles. The third-order valence-electron chi connectivity index (χ3n) is 2.27. The molecule has 0 fully saturated rings. The van der Waals surface area contributed by atoms with E-state index in [0.29, 0.717) is 9.21 Å². The van der Waals surface area contributed by atoms with E-state index in [1.54, 1.807) is 12.1 Å². The summed E-state index contributed by atoms with van der Waals surface area (Å²) in [6.07, 6.45) is 0. The van der Waals surface area contributed by atoms with Crippen molar-refractivity contribution in [2.45, 2.75) is 0 Å². The second-order valence-corrected chi connectivity index (χ2v) is 5.29. The number of rotatable bonds is 4. The maximum Gasteiger partial charge on any atom is 0.210 e. The molecule has 0 bridgehead atoms. The fraction of sp³-hybridized carbons (Fsp3) is 0.0769. The highest BCUT2D eigenvalue weighted by molar-refractivity contribution is 7.18. The molecule has 3 nitrogen and oxygen atoms in total. The molecule has 6 heteroatoms. The van der Waals surface area contributed by atoms with E-state index in [-0.39, 0.29) is 23.7 Å². The average Bonchev–Trinajstić information content (AvgIpc) is 2.83. The van der Waals surface area contributed by atoms with Gasteiger partial charge in [-0.1, -0.05) is 11.6 Å². The molecule has 96 valence electrons. The van der Waals surface area contributed by atoms with E-state index in [1.165, 1.54) is 12.1 Å². The van der Waals surface area contributed by atoms with Crippen LogP contribution in [-0.4, -0.2) is 12.4 Å². The van der Waals surface area contributed by atoms with Gasteiger partial charge < -0.3 is 4.74 Å². The summed E-state index contributed by atoms with van der Waals surface area (Å²) < 4.78 is 19.1. The Morgan fingerprint density at radius 2 is 2.21 bits per heavy atom. The number of carbonyl (C=O) groups excluding carboxylic acids is 1. The first kappa shape index (κ1) is 13.5. The van der Waals surface area contributed by atoms with Crippen molar-refractivity contribution < 1.29 is 13.9 Å². The number of ketones is 1. The number of thiophene rings is 1. The van der Waals surface area contributed by atoms with Crippen LogP contribution >= 0.6 is 22.9 Å². The van der Waals surface area contributed by atoms with E-state index in [0.717, 1.165) is 17.4 Å². The summed E-state index contributed by atoms with van der Waals surface area (Å²) in [7, 11) is 0. The van der Waals surface area contributed by atoms with E-state index >= 15 is 0 Å². The number of benzene rings is 1.